The lowest BCUT2D eigenvalue weighted by atomic mass is 9.96. The van der Waals surface area contributed by atoms with Crippen LogP contribution in [0.2, 0.25) is 0 Å². The third-order valence-corrected chi connectivity index (χ3v) is 3.53. The summed E-state index contributed by atoms with van der Waals surface area (Å²) in [5.41, 5.74) is 3.25. The molecule has 0 unspecified atom stereocenters. The molecule has 1 heterocycles. The molecule has 5 nitrogen and oxygen atoms in total. The second-order valence-corrected chi connectivity index (χ2v) is 6.84. The first-order valence-corrected chi connectivity index (χ1v) is 8.11. The van der Waals surface area contributed by atoms with Gasteiger partial charge in [0, 0.05) is 23.9 Å². The van der Waals surface area contributed by atoms with Crippen molar-refractivity contribution in [2.75, 3.05) is 14.2 Å². The number of rotatable bonds is 5. The van der Waals surface area contributed by atoms with Crippen molar-refractivity contribution in [2.24, 2.45) is 0 Å². The minimum absolute atomic E-state index is 0.372. The summed E-state index contributed by atoms with van der Waals surface area (Å²) in [4.78, 5) is 17.0. The average molecular weight is 343 g/mol. The second-order valence-electron chi connectivity index (χ2n) is 6.84. The van der Waals surface area contributed by atoms with Crippen molar-refractivity contribution >= 4 is 5.97 Å². The van der Waals surface area contributed by atoms with Gasteiger partial charge in [0.05, 0.1) is 25.5 Å². The molecule has 0 saturated heterocycles. The van der Waals surface area contributed by atoms with Crippen LogP contribution in [-0.2, 0) is 16.1 Å². The molecule has 1 aromatic carbocycles. The molecular weight excluding hydrogens is 318 g/mol. The van der Waals surface area contributed by atoms with Crippen molar-refractivity contribution in [3.05, 3.63) is 47.3 Å². The lowest BCUT2D eigenvalue weighted by molar-refractivity contribution is 0.00704. The van der Waals surface area contributed by atoms with Crippen LogP contribution in [0.4, 0.5) is 0 Å². The standard InChI is InChI=1S/C20H25NO4/c1-13-9-17(18(24-6)11-21-13)16-10-14(12-23-5)7-8-15(16)19(22)25-20(2,3)4/h7-11H,12H2,1-6H3. The van der Waals surface area contributed by atoms with E-state index in [0.29, 0.717) is 17.9 Å². The lowest BCUT2D eigenvalue weighted by Crippen LogP contribution is -2.24. The first-order chi connectivity index (χ1) is 11.7. The van der Waals surface area contributed by atoms with Gasteiger partial charge in [0.15, 0.2) is 0 Å². The van der Waals surface area contributed by atoms with Crippen LogP contribution in [0, 0.1) is 6.92 Å². The van der Waals surface area contributed by atoms with E-state index in [1.54, 1.807) is 26.5 Å². The minimum atomic E-state index is -0.572. The highest BCUT2D eigenvalue weighted by Crippen LogP contribution is 2.34. The van der Waals surface area contributed by atoms with Crippen molar-refractivity contribution in [2.45, 2.75) is 39.9 Å². The zero-order valence-corrected chi connectivity index (χ0v) is 15.7. The summed E-state index contributed by atoms with van der Waals surface area (Å²) >= 11 is 0. The molecule has 134 valence electrons. The lowest BCUT2D eigenvalue weighted by Gasteiger charge is -2.21. The molecule has 25 heavy (non-hydrogen) atoms. The number of aromatic nitrogens is 1. The Labute approximate surface area is 148 Å². The predicted octanol–water partition coefficient (Wildman–Crippen LogP) is 4.17. The monoisotopic (exact) mass is 343 g/mol. The summed E-state index contributed by atoms with van der Waals surface area (Å²) in [5.74, 6) is 0.230. The van der Waals surface area contributed by atoms with E-state index < -0.39 is 5.60 Å². The molecule has 0 radical (unpaired) electrons. The molecule has 0 atom stereocenters. The Kier molecular flexibility index (Phi) is 5.80. The van der Waals surface area contributed by atoms with Crippen molar-refractivity contribution < 1.29 is 19.0 Å². The molecular formula is C20H25NO4. The van der Waals surface area contributed by atoms with Gasteiger partial charge in [-0.2, -0.15) is 0 Å². The van der Waals surface area contributed by atoms with Gasteiger partial charge in [-0.15, -0.1) is 0 Å². The minimum Gasteiger partial charge on any atom is -0.494 e. The largest absolute Gasteiger partial charge is 0.494 e. The normalized spacial score (nSPS) is 11.3. The van der Waals surface area contributed by atoms with Crippen LogP contribution in [0.25, 0.3) is 11.1 Å². The number of hydrogen-bond donors (Lipinski definition) is 0. The average Bonchev–Trinajstić information content (AvgIpc) is 2.53. The van der Waals surface area contributed by atoms with E-state index in [4.69, 9.17) is 14.2 Å². The van der Waals surface area contributed by atoms with Gasteiger partial charge in [-0.25, -0.2) is 4.79 Å². The van der Waals surface area contributed by atoms with E-state index in [0.717, 1.165) is 22.4 Å². The van der Waals surface area contributed by atoms with Crippen LogP contribution < -0.4 is 4.74 Å². The van der Waals surface area contributed by atoms with Gasteiger partial charge in [-0.05, 0) is 51.5 Å². The van der Waals surface area contributed by atoms with Crippen LogP contribution in [0.3, 0.4) is 0 Å². The number of esters is 1. The number of ether oxygens (including phenoxy) is 3. The van der Waals surface area contributed by atoms with E-state index in [1.807, 2.05) is 45.9 Å². The predicted molar refractivity (Wildman–Crippen MR) is 96.8 cm³/mol. The molecule has 0 bridgehead atoms. The fourth-order valence-electron chi connectivity index (χ4n) is 2.50. The summed E-state index contributed by atoms with van der Waals surface area (Å²) in [6.07, 6.45) is 1.66. The number of pyridine rings is 1. The maximum absolute atomic E-state index is 12.7. The van der Waals surface area contributed by atoms with Crippen molar-refractivity contribution in [1.82, 2.24) is 4.98 Å². The van der Waals surface area contributed by atoms with Crippen molar-refractivity contribution in [3.8, 4) is 16.9 Å². The van der Waals surface area contributed by atoms with Gasteiger partial charge in [0.1, 0.15) is 11.4 Å². The molecule has 0 aliphatic carbocycles. The van der Waals surface area contributed by atoms with Crippen molar-refractivity contribution in [3.63, 3.8) is 0 Å². The smallest absolute Gasteiger partial charge is 0.339 e. The number of aryl methyl sites for hydroxylation is 1. The van der Waals surface area contributed by atoms with Gasteiger partial charge in [-0.3, -0.25) is 4.98 Å². The number of nitrogens with zero attached hydrogens (tertiary/aromatic N) is 1. The molecule has 0 fully saturated rings. The summed E-state index contributed by atoms with van der Waals surface area (Å²) in [5, 5.41) is 0. The number of hydrogen-bond acceptors (Lipinski definition) is 5. The Balaban J connectivity index is 2.62. The fourth-order valence-corrected chi connectivity index (χ4v) is 2.50. The summed E-state index contributed by atoms with van der Waals surface area (Å²) < 4.78 is 16.2. The Morgan fingerprint density at radius 1 is 1.12 bits per heavy atom. The van der Waals surface area contributed by atoms with E-state index >= 15 is 0 Å². The molecule has 5 heteroatoms. The van der Waals surface area contributed by atoms with Crippen molar-refractivity contribution in [1.29, 1.82) is 0 Å². The van der Waals surface area contributed by atoms with Crippen LogP contribution in [-0.4, -0.2) is 30.8 Å². The molecule has 0 saturated carbocycles. The number of benzene rings is 1. The number of carbonyl (C=O) groups is 1. The van der Waals surface area contributed by atoms with Gasteiger partial charge >= 0.3 is 5.97 Å². The zero-order valence-electron chi connectivity index (χ0n) is 15.7. The molecule has 0 aliphatic heterocycles. The molecule has 2 aromatic rings. The number of methoxy groups -OCH3 is 2. The summed E-state index contributed by atoms with van der Waals surface area (Å²) in [7, 11) is 3.22. The van der Waals surface area contributed by atoms with Gasteiger partial charge < -0.3 is 14.2 Å². The SMILES string of the molecule is COCc1ccc(C(=O)OC(C)(C)C)c(-c2cc(C)ncc2OC)c1. The molecule has 1 aromatic heterocycles. The van der Waals surface area contributed by atoms with E-state index in [-0.39, 0.29) is 5.97 Å². The molecule has 2 rings (SSSR count). The third kappa shape index (κ3) is 4.79. The Bertz CT molecular complexity index is 763. The van der Waals surface area contributed by atoms with Gasteiger partial charge in [-0.1, -0.05) is 6.07 Å². The highest BCUT2D eigenvalue weighted by atomic mass is 16.6. The Morgan fingerprint density at radius 3 is 2.44 bits per heavy atom. The van der Waals surface area contributed by atoms with E-state index in [1.165, 1.54) is 0 Å². The van der Waals surface area contributed by atoms with Crippen LogP contribution in [0.5, 0.6) is 5.75 Å². The first kappa shape index (κ1) is 18.9. The first-order valence-electron chi connectivity index (χ1n) is 8.11. The van der Waals surface area contributed by atoms with Gasteiger partial charge in [0.25, 0.3) is 0 Å². The maximum Gasteiger partial charge on any atom is 0.339 e. The molecule has 0 spiro atoms. The summed E-state index contributed by atoms with van der Waals surface area (Å²) in [6, 6.07) is 7.47. The van der Waals surface area contributed by atoms with E-state index in [9.17, 15) is 4.79 Å². The van der Waals surface area contributed by atoms with Crippen LogP contribution >= 0.6 is 0 Å². The number of carbonyl (C=O) groups excluding carboxylic acids is 1. The van der Waals surface area contributed by atoms with Gasteiger partial charge in [0.2, 0.25) is 0 Å². The van der Waals surface area contributed by atoms with E-state index in [2.05, 4.69) is 4.98 Å². The Morgan fingerprint density at radius 2 is 1.84 bits per heavy atom. The summed E-state index contributed by atoms with van der Waals surface area (Å²) in [6.45, 7) is 7.90. The second kappa shape index (κ2) is 7.66. The fraction of sp³-hybridized carbons (Fsp3) is 0.400. The highest BCUT2D eigenvalue weighted by molar-refractivity contribution is 5.98. The molecule has 0 amide bonds. The molecule has 0 N–H and O–H groups in total. The maximum atomic E-state index is 12.7. The topological polar surface area (TPSA) is 57.7 Å². The highest BCUT2D eigenvalue weighted by Gasteiger charge is 2.22. The quantitative estimate of drug-likeness (QED) is 0.763. The molecule has 0 aliphatic rings. The zero-order chi connectivity index (χ0) is 18.6. The Hall–Kier alpha value is -2.40. The van der Waals surface area contributed by atoms with Crippen LogP contribution in [0.1, 0.15) is 42.4 Å². The third-order valence-electron chi connectivity index (χ3n) is 3.53. The van der Waals surface area contributed by atoms with Crippen LogP contribution in [0.15, 0.2) is 30.5 Å².